The lowest BCUT2D eigenvalue weighted by atomic mass is 9.82. The van der Waals surface area contributed by atoms with Crippen LogP contribution in [-0.2, 0) is 23.8 Å². The van der Waals surface area contributed by atoms with Gasteiger partial charge >= 0.3 is 0 Å². The number of rotatable bonds is 13. The summed E-state index contributed by atoms with van der Waals surface area (Å²) in [7, 11) is 0. The van der Waals surface area contributed by atoms with Crippen LogP contribution in [0.2, 0.25) is 0 Å². The van der Waals surface area contributed by atoms with E-state index < -0.39 is 11.6 Å². The Balaban J connectivity index is 1.56. The molecule has 1 aromatic carbocycles. The standard InChI is InChI=1S/C24H35ClN2O6/c25-10-12-31-11-2-9-24(16-32-15-23(30)27-24)22(26-17-28)14-33-21-7-5-18(6-8-21)19-3-1-4-20(29)13-19/h1,3-4,13,17-18,21-22,29H,2,5-12,14-16H2,(H,26,28)(H,27,30). The predicted molar refractivity (Wildman–Crippen MR) is 125 cm³/mol. The smallest absolute Gasteiger partial charge is 0.246 e. The number of hydrogen-bond acceptors (Lipinski definition) is 6. The zero-order valence-electron chi connectivity index (χ0n) is 19.0. The fourth-order valence-corrected chi connectivity index (χ4v) is 4.95. The summed E-state index contributed by atoms with van der Waals surface area (Å²) in [4.78, 5) is 23.6. The van der Waals surface area contributed by atoms with Crippen molar-refractivity contribution in [2.45, 2.75) is 62.1 Å². The largest absolute Gasteiger partial charge is 0.508 e. The average Bonchev–Trinajstić information content (AvgIpc) is 2.82. The number of carbonyl (C=O) groups is 2. The molecule has 2 amide bonds. The van der Waals surface area contributed by atoms with E-state index in [1.54, 1.807) is 6.07 Å². The zero-order chi connectivity index (χ0) is 23.5. The molecule has 1 aliphatic heterocycles. The highest BCUT2D eigenvalue weighted by Gasteiger charge is 2.43. The first kappa shape index (κ1) is 25.7. The van der Waals surface area contributed by atoms with Crippen molar-refractivity contribution in [1.29, 1.82) is 0 Å². The number of ether oxygens (including phenoxy) is 3. The van der Waals surface area contributed by atoms with Gasteiger partial charge < -0.3 is 30.0 Å². The van der Waals surface area contributed by atoms with E-state index in [0.717, 1.165) is 31.2 Å². The fourth-order valence-electron chi connectivity index (χ4n) is 4.84. The summed E-state index contributed by atoms with van der Waals surface area (Å²) in [6.45, 7) is 1.58. The van der Waals surface area contributed by atoms with E-state index in [9.17, 15) is 14.7 Å². The number of benzene rings is 1. The molecule has 33 heavy (non-hydrogen) atoms. The Morgan fingerprint density at radius 1 is 1.30 bits per heavy atom. The summed E-state index contributed by atoms with van der Waals surface area (Å²) < 4.78 is 17.3. The minimum Gasteiger partial charge on any atom is -0.508 e. The molecule has 184 valence electrons. The number of halogens is 1. The van der Waals surface area contributed by atoms with Gasteiger partial charge in [-0.1, -0.05) is 12.1 Å². The zero-order valence-corrected chi connectivity index (χ0v) is 19.7. The molecule has 1 saturated heterocycles. The lowest BCUT2D eigenvalue weighted by Crippen LogP contribution is -2.68. The van der Waals surface area contributed by atoms with Gasteiger partial charge in [-0.25, -0.2) is 0 Å². The molecule has 1 aliphatic carbocycles. The van der Waals surface area contributed by atoms with Gasteiger partial charge in [0.15, 0.2) is 0 Å². The average molecular weight is 483 g/mol. The van der Waals surface area contributed by atoms with Gasteiger partial charge in [0.1, 0.15) is 12.4 Å². The van der Waals surface area contributed by atoms with Crippen LogP contribution >= 0.6 is 11.6 Å². The Morgan fingerprint density at radius 2 is 2.12 bits per heavy atom. The highest BCUT2D eigenvalue weighted by molar-refractivity contribution is 6.17. The van der Waals surface area contributed by atoms with Gasteiger partial charge in [0.25, 0.3) is 0 Å². The second kappa shape index (κ2) is 13.1. The van der Waals surface area contributed by atoms with Crippen molar-refractivity contribution < 1.29 is 28.9 Å². The van der Waals surface area contributed by atoms with Crippen molar-refractivity contribution in [3.05, 3.63) is 29.8 Å². The Labute approximate surface area is 200 Å². The van der Waals surface area contributed by atoms with E-state index >= 15 is 0 Å². The van der Waals surface area contributed by atoms with Crippen LogP contribution in [0, 0.1) is 0 Å². The number of morpholine rings is 1. The quantitative estimate of drug-likeness (QED) is 0.226. The molecule has 1 aromatic rings. The van der Waals surface area contributed by atoms with Crippen LogP contribution < -0.4 is 10.6 Å². The summed E-state index contributed by atoms with van der Waals surface area (Å²) in [5.41, 5.74) is 0.408. The summed E-state index contributed by atoms with van der Waals surface area (Å²) >= 11 is 5.65. The second-order valence-corrected chi connectivity index (χ2v) is 9.22. The van der Waals surface area contributed by atoms with E-state index in [2.05, 4.69) is 16.7 Å². The molecular formula is C24H35ClN2O6. The van der Waals surface area contributed by atoms with Crippen molar-refractivity contribution in [2.24, 2.45) is 0 Å². The van der Waals surface area contributed by atoms with Crippen molar-refractivity contribution in [1.82, 2.24) is 10.6 Å². The molecule has 2 unspecified atom stereocenters. The number of phenols is 1. The van der Waals surface area contributed by atoms with E-state index in [-0.39, 0.29) is 25.2 Å². The highest BCUT2D eigenvalue weighted by atomic mass is 35.5. The van der Waals surface area contributed by atoms with Gasteiger partial charge in [-0.15, -0.1) is 11.6 Å². The van der Waals surface area contributed by atoms with Gasteiger partial charge in [0.2, 0.25) is 12.3 Å². The maximum Gasteiger partial charge on any atom is 0.246 e. The normalized spacial score (nSPS) is 26.4. The third kappa shape index (κ3) is 7.57. The Bertz CT molecular complexity index is 758. The maximum absolute atomic E-state index is 12.2. The van der Waals surface area contributed by atoms with Gasteiger partial charge in [-0.2, -0.15) is 0 Å². The third-order valence-electron chi connectivity index (χ3n) is 6.56. The first-order valence-corrected chi connectivity index (χ1v) is 12.2. The van der Waals surface area contributed by atoms with Gasteiger partial charge in [-0.05, 0) is 62.1 Å². The van der Waals surface area contributed by atoms with Crippen LogP contribution in [-0.4, -0.2) is 74.0 Å². The SMILES string of the molecule is O=CNC(COC1CCC(c2cccc(O)c2)CC1)C1(CCCOCCCl)COCC(=O)N1. The third-order valence-corrected chi connectivity index (χ3v) is 6.72. The molecule has 3 N–H and O–H groups in total. The topological polar surface area (TPSA) is 106 Å². The summed E-state index contributed by atoms with van der Waals surface area (Å²) in [5, 5.41) is 15.7. The van der Waals surface area contributed by atoms with Crippen LogP contribution in [0.15, 0.2) is 24.3 Å². The molecule has 9 heteroatoms. The molecule has 1 saturated carbocycles. The lowest BCUT2D eigenvalue weighted by Gasteiger charge is -2.44. The Kier molecular flexibility index (Phi) is 10.2. The predicted octanol–water partition coefficient (Wildman–Crippen LogP) is 2.47. The molecule has 0 bridgehead atoms. The molecular weight excluding hydrogens is 448 g/mol. The van der Waals surface area contributed by atoms with Crippen molar-refractivity contribution in [3.63, 3.8) is 0 Å². The molecule has 2 aliphatic rings. The monoisotopic (exact) mass is 482 g/mol. The minimum absolute atomic E-state index is 0.0121. The minimum atomic E-state index is -0.751. The Hall–Kier alpha value is -1.87. The van der Waals surface area contributed by atoms with Gasteiger partial charge in [0, 0.05) is 12.5 Å². The van der Waals surface area contributed by atoms with Crippen LogP contribution in [0.4, 0.5) is 0 Å². The van der Waals surface area contributed by atoms with Crippen LogP contribution in [0.25, 0.3) is 0 Å². The molecule has 3 rings (SSSR count). The fraction of sp³-hybridized carbons (Fsp3) is 0.667. The van der Waals surface area contributed by atoms with Crippen molar-refractivity contribution >= 4 is 23.9 Å². The van der Waals surface area contributed by atoms with Crippen LogP contribution in [0.1, 0.15) is 50.0 Å². The molecule has 0 radical (unpaired) electrons. The van der Waals surface area contributed by atoms with Gasteiger partial charge in [-0.3, -0.25) is 9.59 Å². The number of phenolic OH excluding ortho intramolecular Hbond substituents is 1. The summed E-state index contributed by atoms with van der Waals surface area (Å²) in [5.74, 6) is 0.934. The lowest BCUT2D eigenvalue weighted by molar-refractivity contribution is -0.139. The maximum atomic E-state index is 12.2. The van der Waals surface area contributed by atoms with E-state index in [0.29, 0.717) is 56.6 Å². The van der Waals surface area contributed by atoms with Crippen LogP contribution in [0.3, 0.4) is 0 Å². The molecule has 0 spiro atoms. The van der Waals surface area contributed by atoms with E-state index in [1.165, 1.54) is 0 Å². The molecule has 2 atom stereocenters. The number of carbonyl (C=O) groups excluding carboxylic acids is 2. The highest BCUT2D eigenvalue weighted by Crippen LogP contribution is 2.35. The molecule has 0 aromatic heterocycles. The Morgan fingerprint density at radius 3 is 2.82 bits per heavy atom. The number of amides is 2. The second-order valence-electron chi connectivity index (χ2n) is 8.84. The van der Waals surface area contributed by atoms with E-state index in [1.807, 2.05) is 12.1 Å². The first-order valence-electron chi connectivity index (χ1n) is 11.7. The number of nitrogens with one attached hydrogen (secondary N) is 2. The number of hydrogen-bond donors (Lipinski definition) is 3. The van der Waals surface area contributed by atoms with E-state index in [4.69, 9.17) is 25.8 Å². The molecule has 1 heterocycles. The molecule has 8 nitrogen and oxygen atoms in total. The van der Waals surface area contributed by atoms with Crippen molar-refractivity contribution in [2.75, 3.05) is 38.9 Å². The summed E-state index contributed by atoms with van der Waals surface area (Å²) in [6, 6.07) is 7.04. The van der Waals surface area contributed by atoms with Crippen molar-refractivity contribution in [3.8, 4) is 5.75 Å². The summed E-state index contributed by atoms with van der Waals surface area (Å²) in [6.07, 6.45) is 5.75. The first-order chi connectivity index (χ1) is 16.1. The molecule has 2 fully saturated rings. The van der Waals surface area contributed by atoms with Crippen LogP contribution in [0.5, 0.6) is 5.75 Å². The van der Waals surface area contributed by atoms with Gasteiger partial charge in [0.05, 0.1) is 37.5 Å². The number of alkyl halides is 1. The number of aromatic hydroxyl groups is 1.